The van der Waals surface area contributed by atoms with E-state index in [1.165, 1.54) is 10.9 Å². The van der Waals surface area contributed by atoms with Gasteiger partial charge in [0.15, 0.2) is 0 Å². The number of carbonyl (C=O) groups is 1. The second-order valence-electron chi connectivity index (χ2n) is 5.98. The fourth-order valence-electron chi connectivity index (χ4n) is 2.64. The molecule has 112 valence electrons. The van der Waals surface area contributed by atoms with Crippen molar-refractivity contribution < 1.29 is 4.79 Å². The molecule has 21 heavy (non-hydrogen) atoms. The SMILES string of the molecule is Cc1cc(C)c2ncn([C@H](CC(C)C)C(N)=O)c(=O)c2c1. The normalized spacial score (nSPS) is 12.8. The smallest absolute Gasteiger partial charge is 0.261 e. The molecule has 0 fully saturated rings. The minimum Gasteiger partial charge on any atom is -0.368 e. The minimum absolute atomic E-state index is 0.212. The summed E-state index contributed by atoms with van der Waals surface area (Å²) < 4.78 is 1.36. The number of rotatable bonds is 4. The topological polar surface area (TPSA) is 78.0 Å². The number of amides is 1. The number of primary amides is 1. The van der Waals surface area contributed by atoms with Gasteiger partial charge in [0.25, 0.3) is 5.56 Å². The molecule has 0 radical (unpaired) electrons. The van der Waals surface area contributed by atoms with E-state index in [9.17, 15) is 9.59 Å². The van der Waals surface area contributed by atoms with Crippen molar-refractivity contribution in [2.24, 2.45) is 11.7 Å². The van der Waals surface area contributed by atoms with Gasteiger partial charge < -0.3 is 5.73 Å². The fourth-order valence-corrected chi connectivity index (χ4v) is 2.64. The van der Waals surface area contributed by atoms with Gasteiger partial charge in [0.2, 0.25) is 5.91 Å². The summed E-state index contributed by atoms with van der Waals surface area (Å²) in [5.41, 5.74) is 7.88. The third-order valence-electron chi connectivity index (χ3n) is 3.58. The Kier molecular flexibility index (Phi) is 4.11. The van der Waals surface area contributed by atoms with Crippen LogP contribution in [0.15, 0.2) is 23.3 Å². The van der Waals surface area contributed by atoms with Crippen molar-refractivity contribution in [3.8, 4) is 0 Å². The Morgan fingerprint density at radius 1 is 1.33 bits per heavy atom. The molecule has 1 aromatic carbocycles. The second kappa shape index (κ2) is 5.68. The first-order chi connectivity index (χ1) is 9.81. The molecule has 1 atom stereocenters. The zero-order valence-corrected chi connectivity index (χ0v) is 12.9. The number of benzene rings is 1. The summed E-state index contributed by atoms with van der Waals surface area (Å²) in [5.74, 6) is -0.249. The number of carbonyl (C=O) groups excluding carboxylic acids is 1. The number of nitrogens with two attached hydrogens (primary N) is 1. The maximum atomic E-state index is 12.7. The van der Waals surface area contributed by atoms with Crippen LogP contribution in [0.25, 0.3) is 10.9 Å². The third kappa shape index (κ3) is 2.96. The van der Waals surface area contributed by atoms with Crippen molar-refractivity contribution in [1.82, 2.24) is 9.55 Å². The molecular formula is C16H21N3O2. The van der Waals surface area contributed by atoms with Crippen LogP contribution in [0.3, 0.4) is 0 Å². The molecule has 0 saturated carbocycles. The Balaban J connectivity index is 2.68. The lowest BCUT2D eigenvalue weighted by Crippen LogP contribution is -2.35. The molecular weight excluding hydrogens is 266 g/mol. The number of fused-ring (bicyclic) bond motifs is 1. The third-order valence-corrected chi connectivity index (χ3v) is 3.58. The number of nitrogens with zero attached hydrogens (tertiary/aromatic N) is 2. The maximum absolute atomic E-state index is 12.7. The zero-order valence-electron chi connectivity index (χ0n) is 12.9. The van der Waals surface area contributed by atoms with E-state index >= 15 is 0 Å². The highest BCUT2D eigenvalue weighted by atomic mass is 16.2. The highest BCUT2D eigenvalue weighted by Gasteiger charge is 2.21. The predicted molar refractivity (Wildman–Crippen MR) is 83.2 cm³/mol. The molecule has 0 aliphatic heterocycles. The predicted octanol–water partition coefficient (Wildman–Crippen LogP) is 2.09. The first-order valence-corrected chi connectivity index (χ1v) is 7.08. The molecule has 2 N–H and O–H groups in total. The molecule has 0 bridgehead atoms. The molecule has 2 rings (SSSR count). The highest BCUT2D eigenvalue weighted by molar-refractivity contribution is 5.82. The van der Waals surface area contributed by atoms with E-state index in [2.05, 4.69) is 4.98 Å². The van der Waals surface area contributed by atoms with Gasteiger partial charge in [-0.25, -0.2) is 4.98 Å². The second-order valence-corrected chi connectivity index (χ2v) is 5.98. The molecule has 0 aliphatic rings. The van der Waals surface area contributed by atoms with E-state index < -0.39 is 11.9 Å². The molecule has 1 aromatic heterocycles. The van der Waals surface area contributed by atoms with Gasteiger partial charge in [-0.3, -0.25) is 14.2 Å². The molecule has 1 heterocycles. The van der Waals surface area contributed by atoms with Crippen molar-refractivity contribution >= 4 is 16.8 Å². The van der Waals surface area contributed by atoms with Crippen LogP contribution >= 0.6 is 0 Å². The lowest BCUT2D eigenvalue weighted by atomic mass is 10.0. The van der Waals surface area contributed by atoms with Gasteiger partial charge in [-0.2, -0.15) is 0 Å². The van der Waals surface area contributed by atoms with Crippen LogP contribution in [0.2, 0.25) is 0 Å². The molecule has 0 saturated heterocycles. The van der Waals surface area contributed by atoms with Crippen LogP contribution in [0.5, 0.6) is 0 Å². The molecule has 5 nitrogen and oxygen atoms in total. The van der Waals surface area contributed by atoms with E-state index in [0.717, 1.165) is 11.1 Å². The number of hydrogen-bond acceptors (Lipinski definition) is 3. The summed E-state index contributed by atoms with van der Waals surface area (Å²) in [6.07, 6.45) is 1.96. The van der Waals surface area contributed by atoms with E-state index in [-0.39, 0.29) is 11.5 Å². The molecule has 2 aromatic rings. The monoisotopic (exact) mass is 287 g/mol. The van der Waals surface area contributed by atoms with Crippen molar-refractivity contribution in [3.05, 3.63) is 39.9 Å². The number of aromatic nitrogens is 2. The average Bonchev–Trinajstić information content (AvgIpc) is 2.37. The van der Waals surface area contributed by atoms with Crippen LogP contribution in [-0.4, -0.2) is 15.5 Å². The van der Waals surface area contributed by atoms with Crippen molar-refractivity contribution in [2.45, 2.75) is 40.2 Å². The summed E-state index contributed by atoms with van der Waals surface area (Å²) in [4.78, 5) is 28.7. The Morgan fingerprint density at radius 3 is 2.57 bits per heavy atom. The number of hydrogen-bond donors (Lipinski definition) is 1. The van der Waals surface area contributed by atoms with Crippen LogP contribution in [0, 0.1) is 19.8 Å². The van der Waals surface area contributed by atoms with Gasteiger partial charge in [0.1, 0.15) is 6.04 Å². The average molecular weight is 287 g/mol. The van der Waals surface area contributed by atoms with Crippen LogP contribution < -0.4 is 11.3 Å². The van der Waals surface area contributed by atoms with Gasteiger partial charge in [-0.15, -0.1) is 0 Å². The summed E-state index contributed by atoms with van der Waals surface area (Å²) in [5, 5.41) is 0.532. The van der Waals surface area contributed by atoms with Crippen LogP contribution in [0.1, 0.15) is 37.4 Å². The van der Waals surface area contributed by atoms with E-state index in [4.69, 9.17) is 5.73 Å². The lowest BCUT2D eigenvalue weighted by molar-refractivity contribution is -0.121. The highest BCUT2D eigenvalue weighted by Crippen LogP contribution is 2.19. The Bertz CT molecular complexity index is 747. The van der Waals surface area contributed by atoms with Crippen LogP contribution in [-0.2, 0) is 4.79 Å². The first kappa shape index (κ1) is 15.2. The maximum Gasteiger partial charge on any atom is 0.261 e. The standard InChI is InChI=1S/C16H21N3O2/c1-9(2)5-13(15(17)20)19-8-18-14-11(4)6-10(3)7-12(14)16(19)21/h6-9,13H,5H2,1-4H3,(H2,17,20)/t13-/m1/s1. The van der Waals surface area contributed by atoms with Gasteiger partial charge in [0, 0.05) is 0 Å². The summed E-state index contributed by atoms with van der Waals surface area (Å²) in [6, 6.07) is 3.13. The molecule has 1 amide bonds. The molecule has 0 unspecified atom stereocenters. The van der Waals surface area contributed by atoms with Gasteiger partial charge in [0.05, 0.1) is 17.2 Å². The first-order valence-electron chi connectivity index (χ1n) is 7.08. The van der Waals surface area contributed by atoms with Crippen molar-refractivity contribution in [2.75, 3.05) is 0 Å². The lowest BCUT2D eigenvalue weighted by Gasteiger charge is -2.18. The summed E-state index contributed by atoms with van der Waals surface area (Å²) in [7, 11) is 0. The van der Waals surface area contributed by atoms with Crippen molar-refractivity contribution in [3.63, 3.8) is 0 Å². The molecule has 0 spiro atoms. The molecule has 0 aliphatic carbocycles. The van der Waals surface area contributed by atoms with Crippen LogP contribution in [0.4, 0.5) is 0 Å². The van der Waals surface area contributed by atoms with E-state index in [0.29, 0.717) is 17.3 Å². The van der Waals surface area contributed by atoms with Gasteiger partial charge >= 0.3 is 0 Å². The van der Waals surface area contributed by atoms with Gasteiger partial charge in [-0.1, -0.05) is 19.9 Å². The largest absolute Gasteiger partial charge is 0.368 e. The Morgan fingerprint density at radius 2 is 2.00 bits per heavy atom. The van der Waals surface area contributed by atoms with Crippen molar-refractivity contribution in [1.29, 1.82) is 0 Å². The quantitative estimate of drug-likeness (QED) is 0.935. The Hall–Kier alpha value is -2.17. The van der Waals surface area contributed by atoms with Gasteiger partial charge in [-0.05, 0) is 43.4 Å². The Labute approximate surface area is 123 Å². The fraction of sp³-hybridized carbons (Fsp3) is 0.438. The minimum atomic E-state index is -0.657. The summed E-state index contributed by atoms with van der Waals surface area (Å²) in [6.45, 7) is 7.84. The summed E-state index contributed by atoms with van der Waals surface area (Å²) >= 11 is 0. The molecule has 5 heteroatoms. The van der Waals surface area contributed by atoms with E-state index in [1.807, 2.05) is 39.8 Å². The van der Waals surface area contributed by atoms with E-state index in [1.54, 1.807) is 0 Å². The zero-order chi connectivity index (χ0) is 15.7. The number of aryl methyl sites for hydroxylation is 2.